The molecule has 0 saturated carbocycles. The summed E-state index contributed by atoms with van der Waals surface area (Å²) in [6.45, 7) is 9.11. The zero-order valence-corrected chi connectivity index (χ0v) is 10.4. The molecule has 0 aliphatic carbocycles. The number of hydrogen-bond donors (Lipinski definition) is 6. The van der Waals surface area contributed by atoms with Gasteiger partial charge in [0.05, 0.1) is 0 Å². The topological polar surface area (TPSA) is 123 Å². The lowest BCUT2D eigenvalue weighted by Gasteiger charge is -2.11. The number of nitrogens with one attached hydrogen (secondary N) is 4. The average molecular weight is 262 g/mol. The van der Waals surface area contributed by atoms with Crippen LogP contribution in [0.25, 0.3) is 0 Å². The quantitative estimate of drug-likeness (QED) is 0.265. The molecule has 18 heavy (non-hydrogen) atoms. The first kappa shape index (κ1) is 16.8. The number of carboxylic acid groups (broad SMARTS) is 2. The van der Waals surface area contributed by atoms with Gasteiger partial charge in [0.1, 0.15) is 0 Å². The van der Waals surface area contributed by atoms with Crippen LogP contribution in [0, 0.1) is 0 Å². The van der Waals surface area contributed by atoms with Crippen LogP contribution in [0.2, 0.25) is 0 Å². The van der Waals surface area contributed by atoms with Crippen molar-refractivity contribution in [2.45, 2.75) is 0 Å². The maximum absolute atomic E-state index is 9.10. The minimum Gasteiger partial charge on any atom is -0.473 e. The summed E-state index contributed by atoms with van der Waals surface area (Å²) in [5, 5.41) is 27.7. The molecule has 8 nitrogen and oxygen atoms in total. The zero-order chi connectivity index (χ0) is 13.6. The third-order valence-electron chi connectivity index (χ3n) is 2.10. The number of hydrogen-bond acceptors (Lipinski definition) is 6. The molecule has 0 aromatic heterocycles. The van der Waals surface area contributed by atoms with Crippen molar-refractivity contribution in [2.75, 3.05) is 52.4 Å². The van der Waals surface area contributed by atoms with Crippen LogP contribution in [-0.4, -0.2) is 74.5 Å². The maximum Gasteiger partial charge on any atom is 0.414 e. The number of carbonyl (C=O) groups is 2. The maximum atomic E-state index is 9.10. The summed E-state index contributed by atoms with van der Waals surface area (Å²) in [5.74, 6) is -3.65. The van der Waals surface area contributed by atoms with Crippen LogP contribution in [0.3, 0.4) is 0 Å². The molecule has 106 valence electrons. The lowest BCUT2D eigenvalue weighted by molar-refractivity contribution is -0.159. The highest BCUT2D eigenvalue weighted by molar-refractivity contribution is 6.27. The predicted octanol–water partition coefficient (Wildman–Crippen LogP) is -2.49. The molecule has 0 radical (unpaired) electrons. The van der Waals surface area contributed by atoms with E-state index in [1.54, 1.807) is 0 Å². The molecular weight excluding hydrogens is 240 g/mol. The number of rotatable bonds is 0. The van der Waals surface area contributed by atoms with Gasteiger partial charge in [-0.15, -0.1) is 0 Å². The first-order valence-electron chi connectivity index (χ1n) is 5.93. The fraction of sp³-hybridized carbons (Fsp3) is 0.800. The van der Waals surface area contributed by atoms with Crippen molar-refractivity contribution < 1.29 is 19.8 Å². The molecule has 2 aliphatic rings. The fourth-order valence-corrected chi connectivity index (χ4v) is 1.21. The SMILES string of the molecule is C1CNCCN1.C1CNCCN1.O=C(O)C(=O)O. The molecule has 2 heterocycles. The predicted molar refractivity (Wildman–Crippen MR) is 66.8 cm³/mol. The second-order valence-electron chi connectivity index (χ2n) is 3.61. The van der Waals surface area contributed by atoms with Crippen molar-refractivity contribution >= 4 is 11.9 Å². The van der Waals surface area contributed by atoms with E-state index in [0.29, 0.717) is 0 Å². The van der Waals surface area contributed by atoms with E-state index in [1.165, 1.54) is 0 Å². The average Bonchev–Trinajstić information content (AvgIpc) is 2.44. The van der Waals surface area contributed by atoms with Gasteiger partial charge in [0.2, 0.25) is 0 Å². The molecular formula is C10H22N4O4. The Kier molecular flexibility index (Phi) is 11.4. The second-order valence-corrected chi connectivity index (χ2v) is 3.61. The summed E-state index contributed by atoms with van der Waals surface area (Å²) in [5.41, 5.74) is 0. The van der Waals surface area contributed by atoms with Crippen molar-refractivity contribution in [2.24, 2.45) is 0 Å². The molecule has 0 aromatic rings. The highest BCUT2D eigenvalue weighted by atomic mass is 16.4. The van der Waals surface area contributed by atoms with Gasteiger partial charge in [-0.05, 0) is 0 Å². The van der Waals surface area contributed by atoms with Gasteiger partial charge < -0.3 is 31.5 Å². The summed E-state index contributed by atoms with van der Waals surface area (Å²) in [7, 11) is 0. The molecule has 0 spiro atoms. The minimum atomic E-state index is -1.82. The van der Waals surface area contributed by atoms with Gasteiger partial charge in [0, 0.05) is 52.4 Å². The van der Waals surface area contributed by atoms with Crippen LogP contribution in [0.4, 0.5) is 0 Å². The molecule has 8 heteroatoms. The fourth-order valence-electron chi connectivity index (χ4n) is 1.21. The molecule has 0 atom stereocenters. The van der Waals surface area contributed by atoms with Gasteiger partial charge in [-0.25, -0.2) is 9.59 Å². The Bertz CT molecular complexity index is 183. The van der Waals surface area contributed by atoms with E-state index >= 15 is 0 Å². The molecule has 2 fully saturated rings. The Labute approximate surface area is 106 Å². The number of piperazine rings is 2. The van der Waals surface area contributed by atoms with Crippen LogP contribution in [0.1, 0.15) is 0 Å². The van der Waals surface area contributed by atoms with E-state index in [9.17, 15) is 0 Å². The highest BCUT2D eigenvalue weighted by Crippen LogP contribution is 1.66. The smallest absolute Gasteiger partial charge is 0.414 e. The molecule has 0 unspecified atom stereocenters. The molecule has 2 aliphatic heterocycles. The Morgan fingerprint density at radius 1 is 0.556 bits per heavy atom. The Morgan fingerprint density at radius 3 is 0.778 bits per heavy atom. The van der Waals surface area contributed by atoms with Crippen molar-refractivity contribution in [3.63, 3.8) is 0 Å². The first-order valence-corrected chi connectivity index (χ1v) is 5.93. The van der Waals surface area contributed by atoms with E-state index in [-0.39, 0.29) is 0 Å². The Hall–Kier alpha value is -1.22. The summed E-state index contributed by atoms with van der Waals surface area (Å²) in [6, 6.07) is 0. The van der Waals surface area contributed by atoms with Crippen molar-refractivity contribution in [1.29, 1.82) is 0 Å². The summed E-state index contributed by atoms with van der Waals surface area (Å²) in [4.78, 5) is 18.2. The Balaban J connectivity index is 0.000000241. The van der Waals surface area contributed by atoms with E-state index in [4.69, 9.17) is 19.8 Å². The monoisotopic (exact) mass is 262 g/mol. The van der Waals surface area contributed by atoms with Crippen LogP contribution < -0.4 is 21.3 Å². The number of carboxylic acids is 2. The van der Waals surface area contributed by atoms with Crippen molar-refractivity contribution in [3.05, 3.63) is 0 Å². The van der Waals surface area contributed by atoms with Gasteiger partial charge in [-0.2, -0.15) is 0 Å². The van der Waals surface area contributed by atoms with Crippen LogP contribution in [0.15, 0.2) is 0 Å². The third kappa shape index (κ3) is 12.8. The molecule has 2 rings (SSSR count). The highest BCUT2D eigenvalue weighted by Gasteiger charge is 2.04. The summed E-state index contributed by atoms with van der Waals surface area (Å²) >= 11 is 0. The van der Waals surface area contributed by atoms with Gasteiger partial charge in [-0.1, -0.05) is 0 Å². The van der Waals surface area contributed by atoms with Gasteiger partial charge >= 0.3 is 11.9 Å². The van der Waals surface area contributed by atoms with Gasteiger partial charge in [-0.3, -0.25) is 0 Å². The standard InChI is InChI=1S/2C4H10N2.C2H2O4/c2*1-2-6-4-3-5-1;3-1(4)2(5)6/h2*5-6H,1-4H2;(H,3,4)(H,5,6). The lowest BCUT2D eigenvalue weighted by atomic mass is 10.4. The largest absolute Gasteiger partial charge is 0.473 e. The normalized spacial score (nSPS) is 18.4. The molecule has 0 amide bonds. The van der Waals surface area contributed by atoms with E-state index in [0.717, 1.165) is 52.4 Å². The number of aliphatic carboxylic acids is 2. The van der Waals surface area contributed by atoms with Crippen molar-refractivity contribution in [3.8, 4) is 0 Å². The van der Waals surface area contributed by atoms with Crippen molar-refractivity contribution in [1.82, 2.24) is 21.3 Å². The second kappa shape index (κ2) is 12.2. The van der Waals surface area contributed by atoms with E-state index in [1.807, 2.05) is 0 Å². The molecule has 0 bridgehead atoms. The summed E-state index contributed by atoms with van der Waals surface area (Å²) in [6.07, 6.45) is 0. The van der Waals surface area contributed by atoms with Crippen LogP contribution >= 0.6 is 0 Å². The lowest BCUT2D eigenvalue weighted by Crippen LogP contribution is -2.39. The first-order chi connectivity index (χ1) is 8.64. The van der Waals surface area contributed by atoms with E-state index in [2.05, 4.69) is 21.3 Å². The molecule has 6 N–H and O–H groups in total. The molecule has 0 aromatic carbocycles. The van der Waals surface area contributed by atoms with Gasteiger partial charge in [0.15, 0.2) is 0 Å². The Morgan fingerprint density at radius 2 is 0.722 bits per heavy atom. The third-order valence-corrected chi connectivity index (χ3v) is 2.10. The van der Waals surface area contributed by atoms with E-state index < -0.39 is 11.9 Å². The van der Waals surface area contributed by atoms with Crippen LogP contribution in [0.5, 0.6) is 0 Å². The van der Waals surface area contributed by atoms with Gasteiger partial charge in [0.25, 0.3) is 0 Å². The minimum absolute atomic E-state index is 1.14. The molecule has 2 saturated heterocycles. The summed E-state index contributed by atoms with van der Waals surface area (Å²) < 4.78 is 0. The zero-order valence-electron chi connectivity index (χ0n) is 10.4. The van der Waals surface area contributed by atoms with Crippen LogP contribution in [-0.2, 0) is 9.59 Å².